The van der Waals surface area contributed by atoms with E-state index in [1.165, 1.54) is 55.9 Å². The molecule has 1 atom stereocenters. The molecule has 1 aromatic carbocycles. The topological polar surface area (TPSA) is 25.2 Å². The van der Waals surface area contributed by atoms with Gasteiger partial charge in [0, 0.05) is 11.4 Å². The highest BCUT2D eigenvalue weighted by atomic mass is 16.3. The fraction of sp³-hybridized carbons (Fsp3) is 0.579. The first-order valence-corrected chi connectivity index (χ1v) is 8.50. The van der Waals surface area contributed by atoms with Gasteiger partial charge in [0.15, 0.2) is 0 Å². The molecule has 0 bridgehead atoms. The first-order valence-electron chi connectivity index (χ1n) is 8.50. The van der Waals surface area contributed by atoms with Crippen LogP contribution in [0.3, 0.4) is 0 Å². The van der Waals surface area contributed by atoms with Crippen molar-refractivity contribution in [2.24, 2.45) is 0 Å². The SMILES string of the molecule is Cc1c(C(C)NC2CCCCCCC2)oc2ccccc12. The van der Waals surface area contributed by atoms with Gasteiger partial charge >= 0.3 is 0 Å². The van der Waals surface area contributed by atoms with E-state index in [4.69, 9.17) is 4.42 Å². The highest BCUT2D eigenvalue weighted by molar-refractivity contribution is 5.82. The molecule has 0 radical (unpaired) electrons. The van der Waals surface area contributed by atoms with Gasteiger partial charge in [0.05, 0.1) is 6.04 Å². The minimum Gasteiger partial charge on any atom is -0.459 e. The lowest BCUT2D eigenvalue weighted by molar-refractivity contribution is 0.339. The number of furan rings is 1. The van der Waals surface area contributed by atoms with E-state index in [9.17, 15) is 0 Å². The lowest BCUT2D eigenvalue weighted by Crippen LogP contribution is -2.32. The quantitative estimate of drug-likeness (QED) is 0.805. The molecule has 0 aliphatic heterocycles. The molecule has 1 N–H and O–H groups in total. The van der Waals surface area contributed by atoms with Gasteiger partial charge in [0.2, 0.25) is 0 Å². The second kappa shape index (κ2) is 6.65. The third kappa shape index (κ3) is 3.32. The fourth-order valence-electron chi connectivity index (χ4n) is 3.66. The van der Waals surface area contributed by atoms with Gasteiger partial charge in [-0.1, -0.05) is 50.3 Å². The van der Waals surface area contributed by atoms with E-state index in [1.54, 1.807) is 0 Å². The van der Waals surface area contributed by atoms with Crippen molar-refractivity contribution >= 4 is 11.0 Å². The van der Waals surface area contributed by atoms with Gasteiger partial charge in [-0.15, -0.1) is 0 Å². The van der Waals surface area contributed by atoms with E-state index < -0.39 is 0 Å². The highest BCUT2D eigenvalue weighted by Crippen LogP contribution is 2.30. The van der Waals surface area contributed by atoms with Crippen LogP contribution in [0.15, 0.2) is 28.7 Å². The zero-order chi connectivity index (χ0) is 14.7. The van der Waals surface area contributed by atoms with Crippen LogP contribution in [0, 0.1) is 6.92 Å². The lowest BCUT2D eigenvalue weighted by Gasteiger charge is -2.24. The molecular weight excluding hydrogens is 258 g/mol. The van der Waals surface area contributed by atoms with E-state index in [-0.39, 0.29) is 0 Å². The number of para-hydroxylation sites is 1. The Kier molecular flexibility index (Phi) is 4.64. The molecular formula is C19H27NO. The molecule has 1 unspecified atom stereocenters. The van der Waals surface area contributed by atoms with Crippen LogP contribution in [0.1, 0.15) is 69.2 Å². The van der Waals surface area contributed by atoms with Crippen molar-refractivity contribution in [2.75, 3.05) is 0 Å². The summed E-state index contributed by atoms with van der Waals surface area (Å²) in [6.45, 7) is 4.42. The van der Waals surface area contributed by atoms with Crippen LogP contribution < -0.4 is 5.32 Å². The van der Waals surface area contributed by atoms with E-state index >= 15 is 0 Å². The summed E-state index contributed by atoms with van der Waals surface area (Å²) in [6, 6.07) is 9.28. The van der Waals surface area contributed by atoms with Crippen molar-refractivity contribution in [1.82, 2.24) is 5.32 Å². The van der Waals surface area contributed by atoms with Gasteiger partial charge in [0.25, 0.3) is 0 Å². The van der Waals surface area contributed by atoms with Crippen molar-refractivity contribution < 1.29 is 4.42 Å². The Morgan fingerprint density at radius 2 is 1.71 bits per heavy atom. The molecule has 1 heterocycles. The average Bonchev–Trinajstić information content (AvgIpc) is 2.79. The van der Waals surface area contributed by atoms with Crippen molar-refractivity contribution in [3.8, 4) is 0 Å². The Morgan fingerprint density at radius 1 is 1.05 bits per heavy atom. The van der Waals surface area contributed by atoms with Crippen LogP contribution in [0.2, 0.25) is 0 Å². The zero-order valence-electron chi connectivity index (χ0n) is 13.3. The van der Waals surface area contributed by atoms with Crippen LogP contribution in [0.25, 0.3) is 11.0 Å². The third-order valence-corrected chi connectivity index (χ3v) is 4.86. The summed E-state index contributed by atoms with van der Waals surface area (Å²) in [7, 11) is 0. The minimum atomic E-state index is 0.293. The van der Waals surface area contributed by atoms with Crippen LogP contribution in [0.5, 0.6) is 0 Å². The number of nitrogens with one attached hydrogen (secondary N) is 1. The van der Waals surface area contributed by atoms with Crippen LogP contribution in [-0.4, -0.2) is 6.04 Å². The van der Waals surface area contributed by atoms with Crippen LogP contribution >= 0.6 is 0 Å². The van der Waals surface area contributed by atoms with Gasteiger partial charge < -0.3 is 9.73 Å². The maximum absolute atomic E-state index is 6.10. The van der Waals surface area contributed by atoms with Crippen molar-refractivity contribution in [3.63, 3.8) is 0 Å². The number of aryl methyl sites for hydroxylation is 1. The molecule has 0 saturated heterocycles. The predicted molar refractivity (Wildman–Crippen MR) is 88.6 cm³/mol. The molecule has 1 aliphatic carbocycles. The lowest BCUT2D eigenvalue weighted by atomic mass is 9.96. The number of hydrogen-bond donors (Lipinski definition) is 1. The summed E-state index contributed by atoms with van der Waals surface area (Å²) in [6.07, 6.45) is 9.57. The third-order valence-electron chi connectivity index (χ3n) is 4.86. The van der Waals surface area contributed by atoms with Gasteiger partial charge in [-0.05, 0) is 38.3 Å². The van der Waals surface area contributed by atoms with Crippen LogP contribution in [-0.2, 0) is 0 Å². The monoisotopic (exact) mass is 285 g/mol. The van der Waals surface area contributed by atoms with Crippen molar-refractivity contribution in [3.05, 3.63) is 35.6 Å². The first-order chi connectivity index (χ1) is 10.3. The smallest absolute Gasteiger partial charge is 0.134 e. The normalized spacial score (nSPS) is 19.3. The van der Waals surface area contributed by atoms with Gasteiger partial charge in [-0.2, -0.15) is 0 Å². The standard InChI is InChI=1S/C19H27NO/c1-14-17-12-8-9-13-18(17)21-19(14)15(2)20-16-10-6-4-3-5-7-11-16/h8-9,12-13,15-16,20H,3-7,10-11H2,1-2H3. The maximum atomic E-state index is 6.10. The molecule has 1 aliphatic rings. The van der Waals surface area contributed by atoms with Crippen LogP contribution in [0.4, 0.5) is 0 Å². The van der Waals surface area contributed by atoms with E-state index in [2.05, 4.69) is 37.4 Å². The molecule has 1 aromatic heterocycles. The van der Waals surface area contributed by atoms with E-state index in [0.29, 0.717) is 12.1 Å². The maximum Gasteiger partial charge on any atom is 0.134 e. The minimum absolute atomic E-state index is 0.293. The Balaban J connectivity index is 1.73. The highest BCUT2D eigenvalue weighted by Gasteiger charge is 2.20. The second-order valence-corrected chi connectivity index (χ2v) is 6.52. The molecule has 21 heavy (non-hydrogen) atoms. The van der Waals surface area contributed by atoms with Gasteiger partial charge in [-0.25, -0.2) is 0 Å². The molecule has 2 nitrogen and oxygen atoms in total. The molecule has 1 saturated carbocycles. The zero-order valence-corrected chi connectivity index (χ0v) is 13.3. The summed E-state index contributed by atoms with van der Waals surface area (Å²) in [4.78, 5) is 0. The molecule has 114 valence electrons. The van der Waals surface area contributed by atoms with Gasteiger partial charge in [0.1, 0.15) is 11.3 Å². The first kappa shape index (κ1) is 14.6. The molecule has 0 amide bonds. The Morgan fingerprint density at radius 3 is 2.43 bits per heavy atom. The van der Waals surface area contributed by atoms with E-state index in [0.717, 1.165) is 11.3 Å². The average molecular weight is 285 g/mol. The molecule has 0 spiro atoms. The Bertz CT molecular complexity index is 578. The largest absolute Gasteiger partial charge is 0.459 e. The summed E-state index contributed by atoms with van der Waals surface area (Å²) in [5.41, 5.74) is 2.30. The summed E-state index contributed by atoms with van der Waals surface area (Å²) < 4.78 is 6.10. The summed E-state index contributed by atoms with van der Waals surface area (Å²) >= 11 is 0. The molecule has 2 heteroatoms. The summed E-state index contributed by atoms with van der Waals surface area (Å²) in [5, 5.41) is 5.06. The number of hydrogen-bond acceptors (Lipinski definition) is 2. The van der Waals surface area contributed by atoms with Crippen molar-refractivity contribution in [1.29, 1.82) is 0 Å². The van der Waals surface area contributed by atoms with E-state index in [1.807, 2.05) is 6.07 Å². The number of benzene rings is 1. The van der Waals surface area contributed by atoms with Crippen molar-refractivity contribution in [2.45, 2.75) is 70.9 Å². The Labute approximate surface area is 127 Å². The Hall–Kier alpha value is -1.28. The molecule has 2 aromatic rings. The predicted octanol–water partition coefficient (Wildman–Crippen LogP) is 5.50. The second-order valence-electron chi connectivity index (χ2n) is 6.52. The number of rotatable bonds is 3. The fourth-order valence-corrected chi connectivity index (χ4v) is 3.66. The molecule has 3 rings (SSSR count). The molecule has 1 fully saturated rings. The van der Waals surface area contributed by atoms with Gasteiger partial charge in [-0.3, -0.25) is 0 Å². The summed E-state index contributed by atoms with van der Waals surface area (Å²) in [5.74, 6) is 1.11. The number of fused-ring (bicyclic) bond motifs is 1.